The average molecular weight is 422 g/mol. The van der Waals surface area contributed by atoms with E-state index in [1.807, 2.05) is 18.2 Å². The fourth-order valence-corrected chi connectivity index (χ4v) is 2.83. The largest absolute Gasteiger partial charge is 0.493 e. The summed E-state index contributed by atoms with van der Waals surface area (Å²) in [5, 5.41) is 3.23. The highest BCUT2D eigenvalue weighted by Gasteiger charge is 2.14. The summed E-state index contributed by atoms with van der Waals surface area (Å²) in [5.41, 5.74) is 1.61. The van der Waals surface area contributed by atoms with Gasteiger partial charge >= 0.3 is 5.97 Å². The van der Waals surface area contributed by atoms with Gasteiger partial charge < -0.3 is 24.3 Å². The van der Waals surface area contributed by atoms with Crippen LogP contribution < -0.4 is 19.5 Å². The number of rotatable bonds is 10. The summed E-state index contributed by atoms with van der Waals surface area (Å²) >= 11 is 6.03. The molecule has 0 aromatic heterocycles. The molecule has 0 radical (unpaired) electrons. The highest BCUT2D eigenvalue weighted by molar-refractivity contribution is 6.31. The Balaban J connectivity index is 1.81. The first kappa shape index (κ1) is 22.4. The van der Waals surface area contributed by atoms with E-state index in [4.69, 9.17) is 30.5 Å². The second kappa shape index (κ2) is 11.2. The standard InChI is InChI=1S/C21H24ClNO6/c1-26-17-10-14(11-18(27-2)21(17)28-3)8-9-20(25)29-13-19(24)23-12-15-6-4-5-7-16(15)22/h4-7,10-11H,8-9,12-13H2,1-3H3,(H,23,24). The summed E-state index contributed by atoms with van der Waals surface area (Å²) in [6.07, 6.45) is 0.507. The predicted octanol–water partition coefficient (Wildman–Crippen LogP) is 3.16. The van der Waals surface area contributed by atoms with E-state index in [-0.39, 0.29) is 19.6 Å². The van der Waals surface area contributed by atoms with Crippen molar-refractivity contribution in [2.75, 3.05) is 27.9 Å². The Kier molecular flexibility index (Phi) is 8.61. The number of benzene rings is 2. The maximum atomic E-state index is 12.0. The van der Waals surface area contributed by atoms with E-state index in [2.05, 4.69) is 5.32 Å². The third kappa shape index (κ3) is 6.57. The van der Waals surface area contributed by atoms with E-state index in [0.29, 0.717) is 28.7 Å². The normalized spacial score (nSPS) is 10.2. The summed E-state index contributed by atoms with van der Waals surface area (Å²) in [7, 11) is 4.57. The van der Waals surface area contributed by atoms with Crippen LogP contribution >= 0.6 is 11.6 Å². The molecule has 0 aliphatic carbocycles. The molecule has 0 fully saturated rings. The van der Waals surface area contributed by atoms with Crippen molar-refractivity contribution in [3.63, 3.8) is 0 Å². The van der Waals surface area contributed by atoms with Crippen LogP contribution in [0.3, 0.4) is 0 Å². The number of nitrogens with one attached hydrogen (secondary N) is 1. The minimum Gasteiger partial charge on any atom is -0.493 e. The van der Waals surface area contributed by atoms with Crippen LogP contribution in [-0.4, -0.2) is 39.8 Å². The number of carbonyl (C=O) groups excluding carboxylic acids is 2. The van der Waals surface area contributed by atoms with Gasteiger partial charge in [0.15, 0.2) is 18.1 Å². The molecule has 0 unspecified atom stereocenters. The van der Waals surface area contributed by atoms with Gasteiger partial charge in [-0.15, -0.1) is 0 Å². The van der Waals surface area contributed by atoms with Gasteiger partial charge in [0.2, 0.25) is 5.75 Å². The van der Waals surface area contributed by atoms with Crippen molar-refractivity contribution in [1.82, 2.24) is 5.32 Å². The first-order chi connectivity index (χ1) is 14.0. The third-order valence-electron chi connectivity index (χ3n) is 4.14. The van der Waals surface area contributed by atoms with Gasteiger partial charge in [-0.25, -0.2) is 0 Å². The Labute approximate surface area is 174 Å². The minimum absolute atomic E-state index is 0.108. The van der Waals surface area contributed by atoms with Crippen molar-refractivity contribution >= 4 is 23.5 Å². The summed E-state index contributed by atoms with van der Waals surface area (Å²) in [4.78, 5) is 23.8. The lowest BCUT2D eigenvalue weighted by Gasteiger charge is -2.14. The molecule has 2 aromatic rings. The number of halogens is 1. The first-order valence-electron chi connectivity index (χ1n) is 8.93. The lowest BCUT2D eigenvalue weighted by atomic mass is 10.1. The second-order valence-corrected chi connectivity index (χ2v) is 6.47. The van der Waals surface area contributed by atoms with Crippen LogP contribution in [0.4, 0.5) is 0 Å². The van der Waals surface area contributed by atoms with E-state index in [9.17, 15) is 9.59 Å². The highest BCUT2D eigenvalue weighted by atomic mass is 35.5. The number of amides is 1. The molecular formula is C21H24ClNO6. The summed E-state index contributed by atoms with van der Waals surface area (Å²) in [5.74, 6) is 0.623. The molecule has 1 amide bonds. The number of carbonyl (C=O) groups is 2. The Morgan fingerprint density at radius 2 is 1.66 bits per heavy atom. The zero-order chi connectivity index (χ0) is 21.2. The maximum absolute atomic E-state index is 12.0. The smallest absolute Gasteiger partial charge is 0.306 e. The molecule has 2 rings (SSSR count). The van der Waals surface area contributed by atoms with Gasteiger partial charge in [-0.1, -0.05) is 29.8 Å². The number of hydrogen-bond acceptors (Lipinski definition) is 6. The molecule has 156 valence electrons. The van der Waals surface area contributed by atoms with Crippen LogP contribution in [0, 0.1) is 0 Å². The minimum atomic E-state index is -0.480. The predicted molar refractivity (Wildman–Crippen MR) is 109 cm³/mol. The topological polar surface area (TPSA) is 83.1 Å². The number of ether oxygens (including phenoxy) is 4. The van der Waals surface area contributed by atoms with Gasteiger partial charge in [-0.3, -0.25) is 9.59 Å². The Morgan fingerprint density at radius 1 is 1.00 bits per heavy atom. The molecule has 0 aliphatic heterocycles. The number of aryl methyl sites for hydroxylation is 1. The lowest BCUT2D eigenvalue weighted by molar-refractivity contribution is -0.148. The summed E-state index contributed by atoms with van der Waals surface area (Å²) in [6, 6.07) is 10.7. The zero-order valence-corrected chi connectivity index (χ0v) is 17.4. The molecule has 0 heterocycles. The van der Waals surface area contributed by atoms with Crippen molar-refractivity contribution in [3.05, 3.63) is 52.5 Å². The van der Waals surface area contributed by atoms with Gasteiger partial charge in [0, 0.05) is 18.0 Å². The fourth-order valence-electron chi connectivity index (χ4n) is 2.63. The molecule has 0 saturated heterocycles. The summed E-state index contributed by atoms with van der Waals surface area (Å²) in [6.45, 7) is -0.0833. The van der Waals surface area contributed by atoms with Crippen LogP contribution in [0.25, 0.3) is 0 Å². The number of esters is 1. The lowest BCUT2D eigenvalue weighted by Crippen LogP contribution is -2.28. The van der Waals surface area contributed by atoms with Crippen LogP contribution in [0.1, 0.15) is 17.5 Å². The van der Waals surface area contributed by atoms with Gasteiger partial charge in [0.05, 0.1) is 21.3 Å². The average Bonchev–Trinajstić information content (AvgIpc) is 2.74. The van der Waals surface area contributed by atoms with E-state index >= 15 is 0 Å². The Morgan fingerprint density at radius 3 is 2.24 bits per heavy atom. The third-order valence-corrected chi connectivity index (χ3v) is 4.51. The molecule has 0 saturated carbocycles. The van der Waals surface area contributed by atoms with Crippen molar-refractivity contribution in [2.45, 2.75) is 19.4 Å². The van der Waals surface area contributed by atoms with Gasteiger partial charge in [-0.2, -0.15) is 0 Å². The van der Waals surface area contributed by atoms with Crippen molar-refractivity contribution < 1.29 is 28.5 Å². The van der Waals surface area contributed by atoms with Crippen LogP contribution in [0.2, 0.25) is 5.02 Å². The molecule has 8 heteroatoms. The van der Waals surface area contributed by atoms with Crippen LogP contribution in [0.5, 0.6) is 17.2 Å². The number of methoxy groups -OCH3 is 3. The molecule has 7 nitrogen and oxygen atoms in total. The second-order valence-electron chi connectivity index (χ2n) is 6.06. The zero-order valence-electron chi connectivity index (χ0n) is 16.6. The van der Waals surface area contributed by atoms with Gasteiger partial charge in [0.1, 0.15) is 0 Å². The SMILES string of the molecule is COc1cc(CCC(=O)OCC(=O)NCc2ccccc2Cl)cc(OC)c1OC. The Hall–Kier alpha value is -2.93. The number of hydrogen-bond donors (Lipinski definition) is 1. The molecule has 0 bridgehead atoms. The summed E-state index contributed by atoms with van der Waals surface area (Å²) < 4.78 is 20.9. The maximum Gasteiger partial charge on any atom is 0.306 e. The molecule has 29 heavy (non-hydrogen) atoms. The van der Waals surface area contributed by atoms with Gasteiger partial charge in [0.25, 0.3) is 5.91 Å². The van der Waals surface area contributed by atoms with Crippen molar-refractivity contribution in [2.24, 2.45) is 0 Å². The van der Waals surface area contributed by atoms with Crippen LogP contribution in [-0.2, 0) is 27.3 Å². The first-order valence-corrected chi connectivity index (χ1v) is 9.30. The van der Waals surface area contributed by atoms with E-state index in [0.717, 1.165) is 11.1 Å². The van der Waals surface area contributed by atoms with E-state index in [1.165, 1.54) is 21.3 Å². The monoisotopic (exact) mass is 421 g/mol. The van der Waals surface area contributed by atoms with Crippen molar-refractivity contribution in [1.29, 1.82) is 0 Å². The Bertz CT molecular complexity index is 830. The molecular weight excluding hydrogens is 398 g/mol. The molecule has 2 aromatic carbocycles. The van der Waals surface area contributed by atoms with E-state index in [1.54, 1.807) is 18.2 Å². The fraction of sp³-hybridized carbons (Fsp3) is 0.333. The highest BCUT2D eigenvalue weighted by Crippen LogP contribution is 2.38. The molecule has 1 N–H and O–H groups in total. The molecule has 0 spiro atoms. The van der Waals surface area contributed by atoms with Gasteiger partial charge in [-0.05, 0) is 35.7 Å². The quantitative estimate of drug-likeness (QED) is 0.593. The molecule has 0 aliphatic rings. The van der Waals surface area contributed by atoms with Crippen LogP contribution in [0.15, 0.2) is 36.4 Å². The van der Waals surface area contributed by atoms with E-state index < -0.39 is 11.9 Å². The van der Waals surface area contributed by atoms with Crippen molar-refractivity contribution in [3.8, 4) is 17.2 Å². The molecule has 0 atom stereocenters.